The van der Waals surface area contributed by atoms with Crippen molar-refractivity contribution < 1.29 is 9.13 Å². The van der Waals surface area contributed by atoms with Crippen molar-refractivity contribution in [3.8, 4) is 5.75 Å². The molecule has 2 aromatic rings. The maximum atomic E-state index is 13.6. The van der Waals surface area contributed by atoms with Crippen LogP contribution < -0.4 is 4.74 Å². The van der Waals surface area contributed by atoms with Crippen LogP contribution in [0.2, 0.25) is 0 Å². The van der Waals surface area contributed by atoms with Crippen LogP contribution in [-0.4, -0.2) is 13.4 Å². The predicted octanol–water partition coefficient (Wildman–Crippen LogP) is 5.80. The fraction of sp³-hybridized carbons (Fsp3) is 0.200. The van der Waals surface area contributed by atoms with E-state index in [0.29, 0.717) is 10.2 Å². The van der Waals surface area contributed by atoms with E-state index in [1.807, 2.05) is 18.4 Å². The van der Waals surface area contributed by atoms with Gasteiger partial charge in [0.2, 0.25) is 0 Å². The number of rotatable bonds is 4. The van der Waals surface area contributed by atoms with Gasteiger partial charge in [-0.2, -0.15) is 0 Å². The number of benzene rings is 2. The quantitative estimate of drug-likeness (QED) is 0.457. The van der Waals surface area contributed by atoms with Gasteiger partial charge in [0.15, 0.2) is 0 Å². The summed E-state index contributed by atoms with van der Waals surface area (Å²) in [4.78, 5) is 1.12. The molecule has 0 heterocycles. The molecule has 20 heavy (non-hydrogen) atoms. The highest BCUT2D eigenvalue weighted by molar-refractivity contribution is 9.10. The minimum Gasteiger partial charge on any atom is -0.496 e. The van der Waals surface area contributed by atoms with Crippen molar-refractivity contribution >= 4 is 43.6 Å². The van der Waals surface area contributed by atoms with Gasteiger partial charge < -0.3 is 4.74 Å². The Kier molecular flexibility index (Phi) is 5.52. The van der Waals surface area contributed by atoms with Gasteiger partial charge in [0, 0.05) is 16.5 Å². The van der Waals surface area contributed by atoms with Crippen LogP contribution in [0.4, 0.5) is 4.39 Å². The van der Waals surface area contributed by atoms with Crippen LogP contribution in [0.25, 0.3) is 0 Å². The molecule has 0 spiro atoms. The zero-order valence-electron chi connectivity index (χ0n) is 11.0. The van der Waals surface area contributed by atoms with Crippen LogP contribution in [0, 0.1) is 5.82 Å². The fourth-order valence-electron chi connectivity index (χ4n) is 1.96. The lowest BCUT2D eigenvalue weighted by Crippen LogP contribution is -2.00. The lowest BCUT2D eigenvalue weighted by molar-refractivity contribution is 0.406. The molecule has 1 nitrogen and oxygen atoms in total. The van der Waals surface area contributed by atoms with Gasteiger partial charge in [-0.05, 0) is 39.9 Å². The van der Waals surface area contributed by atoms with Crippen LogP contribution in [0.3, 0.4) is 0 Å². The van der Waals surface area contributed by atoms with E-state index in [1.165, 1.54) is 11.0 Å². The Balaban J connectivity index is 2.52. The third-order valence-corrected chi connectivity index (χ3v) is 5.36. The van der Waals surface area contributed by atoms with E-state index < -0.39 is 0 Å². The summed E-state index contributed by atoms with van der Waals surface area (Å²) in [5.74, 6) is 0.201. The molecule has 0 saturated carbocycles. The Morgan fingerprint density at radius 2 is 1.90 bits per heavy atom. The Morgan fingerprint density at radius 1 is 1.20 bits per heavy atom. The van der Waals surface area contributed by atoms with E-state index in [1.54, 1.807) is 24.9 Å². The monoisotopic (exact) mass is 418 g/mol. The summed E-state index contributed by atoms with van der Waals surface area (Å²) in [6.45, 7) is 0. The van der Waals surface area contributed by atoms with Crippen molar-refractivity contribution in [1.29, 1.82) is 0 Å². The standard InChI is InChI=1S/C15H13Br2FOS/c1-19-13-8-12(18)11(16)7-10(13)15(17)9-5-3-4-6-14(9)20-2/h3-8,15H,1-2H3. The maximum Gasteiger partial charge on any atom is 0.141 e. The molecule has 1 unspecified atom stereocenters. The highest BCUT2D eigenvalue weighted by Gasteiger charge is 2.20. The molecule has 106 valence electrons. The third kappa shape index (κ3) is 3.21. The largest absolute Gasteiger partial charge is 0.496 e. The van der Waals surface area contributed by atoms with Gasteiger partial charge >= 0.3 is 0 Å². The average Bonchev–Trinajstić information content (AvgIpc) is 2.48. The summed E-state index contributed by atoms with van der Waals surface area (Å²) in [6, 6.07) is 11.3. The number of alkyl halides is 1. The summed E-state index contributed by atoms with van der Waals surface area (Å²) < 4.78 is 19.3. The first kappa shape index (κ1) is 15.9. The van der Waals surface area contributed by atoms with Gasteiger partial charge in [-0.15, -0.1) is 11.8 Å². The molecule has 0 radical (unpaired) electrons. The average molecular weight is 420 g/mol. The van der Waals surface area contributed by atoms with Crippen molar-refractivity contribution in [2.24, 2.45) is 0 Å². The summed E-state index contributed by atoms with van der Waals surface area (Å²) in [7, 11) is 1.55. The van der Waals surface area contributed by atoms with Crippen LogP contribution >= 0.6 is 43.6 Å². The predicted molar refractivity (Wildman–Crippen MR) is 89.6 cm³/mol. The lowest BCUT2D eigenvalue weighted by Gasteiger charge is -2.17. The molecule has 2 rings (SSSR count). The highest BCUT2D eigenvalue weighted by Crippen LogP contribution is 2.41. The molecule has 0 aliphatic carbocycles. The number of thioether (sulfide) groups is 1. The first-order chi connectivity index (χ1) is 9.58. The molecule has 0 amide bonds. The molecular formula is C15H13Br2FOS. The fourth-order valence-corrected chi connectivity index (χ4v) is 3.87. The van der Waals surface area contributed by atoms with Crippen molar-refractivity contribution in [2.75, 3.05) is 13.4 Å². The van der Waals surface area contributed by atoms with E-state index in [9.17, 15) is 4.39 Å². The second-order valence-corrected chi connectivity index (χ2v) is 6.73. The van der Waals surface area contributed by atoms with Crippen molar-refractivity contribution in [3.05, 3.63) is 57.8 Å². The molecule has 0 aromatic heterocycles. The summed E-state index contributed by atoms with van der Waals surface area (Å²) >= 11 is 8.61. The van der Waals surface area contributed by atoms with E-state index in [4.69, 9.17) is 4.74 Å². The summed E-state index contributed by atoms with van der Waals surface area (Å²) in [5.41, 5.74) is 2.03. The number of hydrogen-bond donors (Lipinski definition) is 0. The Hall–Kier alpha value is -0.520. The number of halogens is 3. The smallest absolute Gasteiger partial charge is 0.141 e. The summed E-state index contributed by atoms with van der Waals surface area (Å²) in [5, 5.41) is 0. The Labute approximate surface area is 139 Å². The normalized spacial score (nSPS) is 12.2. The first-order valence-corrected chi connectivity index (χ1v) is 8.81. The van der Waals surface area contributed by atoms with Gasteiger partial charge in [0.1, 0.15) is 11.6 Å². The van der Waals surface area contributed by atoms with E-state index in [2.05, 4.69) is 44.0 Å². The van der Waals surface area contributed by atoms with Crippen LogP contribution in [0.1, 0.15) is 16.0 Å². The number of methoxy groups -OCH3 is 1. The van der Waals surface area contributed by atoms with Gasteiger partial charge in [0.25, 0.3) is 0 Å². The molecule has 0 N–H and O–H groups in total. The van der Waals surface area contributed by atoms with E-state index in [-0.39, 0.29) is 10.6 Å². The lowest BCUT2D eigenvalue weighted by atomic mass is 10.0. The van der Waals surface area contributed by atoms with Crippen molar-refractivity contribution in [2.45, 2.75) is 9.72 Å². The molecule has 1 atom stereocenters. The van der Waals surface area contributed by atoms with Crippen LogP contribution in [0.15, 0.2) is 45.8 Å². The zero-order chi connectivity index (χ0) is 14.7. The van der Waals surface area contributed by atoms with Gasteiger partial charge in [-0.3, -0.25) is 0 Å². The van der Waals surface area contributed by atoms with Gasteiger partial charge in [-0.25, -0.2) is 4.39 Å². The highest BCUT2D eigenvalue weighted by atomic mass is 79.9. The van der Waals surface area contributed by atoms with Crippen molar-refractivity contribution in [3.63, 3.8) is 0 Å². The van der Waals surface area contributed by atoms with Gasteiger partial charge in [-0.1, -0.05) is 34.1 Å². The van der Waals surface area contributed by atoms with Crippen molar-refractivity contribution in [1.82, 2.24) is 0 Å². The molecule has 0 saturated heterocycles. The van der Waals surface area contributed by atoms with Crippen LogP contribution in [0.5, 0.6) is 5.75 Å². The van der Waals surface area contributed by atoms with Gasteiger partial charge in [0.05, 0.1) is 16.4 Å². The molecule has 0 fully saturated rings. The SMILES string of the molecule is COc1cc(F)c(Br)cc1C(Br)c1ccccc1SC. The Bertz CT molecular complexity index is 619. The second-order valence-electron chi connectivity index (χ2n) is 4.11. The third-order valence-electron chi connectivity index (χ3n) is 2.96. The summed E-state index contributed by atoms with van der Waals surface area (Å²) in [6.07, 6.45) is 2.04. The number of hydrogen-bond acceptors (Lipinski definition) is 2. The molecule has 2 aromatic carbocycles. The van der Waals surface area contributed by atoms with E-state index in [0.717, 1.165) is 11.1 Å². The second kappa shape index (κ2) is 6.96. The molecule has 0 bridgehead atoms. The number of ether oxygens (including phenoxy) is 1. The topological polar surface area (TPSA) is 9.23 Å². The minimum atomic E-state index is -0.330. The molecule has 5 heteroatoms. The van der Waals surface area contributed by atoms with E-state index >= 15 is 0 Å². The minimum absolute atomic E-state index is 0.0574. The van der Waals surface area contributed by atoms with Crippen LogP contribution in [-0.2, 0) is 0 Å². The molecular weight excluding hydrogens is 407 g/mol. The molecule has 0 aliphatic rings. The Morgan fingerprint density at radius 3 is 2.55 bits per heavy atom. The molecule has 0 aliphatic heterocycles. The maximum absolute atomic E-state index is 13.6. The first-order valence-electron chi connectivity index (χ1n) is 5.88. The zero-order valence-corrected chi connectivity index (χ0v) is 15.0.